The molecule has 4 N–H and O–H groups in total. The van der Waals surface area contributed by atoms with Crippen molar-refractivity contribution in [3.05, 3.63) is 131 Å². The number of aliphatic hydroxyl groups is 1. The summed E-state index contributed by atoms with van der Waals surface area (Å²) in [6, 6.07) is 36.0. The van der Waals surface area contributed by atoms with Gasteiger partial charge in [-0.25, -0.2) is 0 Å². The first-order valence-corrected chi connectivity index (χ1v) is 13.3. The highest BCUT2D eigenvalue weighted by atomic mass is 16.5. The third-order valence-electron chi connectivity index (χ3n) is 6.63. The summed E-state index contributed by atoms with van der Waals surface area (Å²) in [6.45, 7) is 3.27. The van der Waals surface area contributed by atoms with Gasteiger partial charge < -0.3 is 25.6 Å². The molecular formula is C33H38N2O3. The van der Waals surface area contributed by atoms with Crippen molar-refractivity contribution in [1.82, 2.24) is 5.32 Å². The molecule has 0 saturated carbocycles. The van der Waals surface area contributed by atoms with Crippen LogP contribution in [0.25, 0.3) is 0 Å². The van der Waals surface area contributed by atoms with E-state index in [1.807, 2.05) is 84.9 Å². The predicted molar refractivity (Wildman–Crippen MR) is 153 cm³/mol. The monoisotopic (exact) mass is 510 g/mol. The molecule has 4 rings (SSSR count). The number of nitrogens with one attached hydrogen (secondary N) is 1. The van der Waals surface area contributed by atoms with E-state index in [4.69, 9.17) is 15.2 Å². The van der Waals surface area contributed by atoms with Crippen LogP contribution in [0.4, 0.5) is 0 Å². The zero-order chi connectivity index (χ0) is 26.6. The first-order valence-electron chi connectivity index (χ1n) is 13.3. The third-order valence-corrected chi connectivity index (χ3v) is 6.63. The molecule has 0 amide bonds. The number of hydrogen-bond donors (Lipinski definition) is 3. The van der Waals surface area contributed by atoms with Gasteiger partial charge >= 0.3 is 0 Å². The van der Waals surface area contributed by atoms with E-state index in [0.717, 1.165) is 29.5 Å². The molecule has 0 saturated heterocycles. The van der Waals surface area contributed by atoms with E-state index in [2.05, 4.69) is 36.5 Å². The van der Waals surface area contributed by atoms with Crippen LogP contribution in [0.15, 0.2) is 109 Å². The van der Waals surface area contributed by atoms with Gasteiger partial charge in [-0.15, -0.1) is 0 Å². The van der Waals surface area contributed by atoms with Gasteiger partial charge in [0.2, 0.25) is 0 Å². The highest BCUT2D eigenvalue weighted by molar-refractivity contribution is 5.44. The fraction of sp³-hybridized carbons (Fsp3) is 0.273. The van der Waals surface area contributed by atoms with E-state index in [-0.39, 0.29) is 12.1 Å². The highest BCUT2D eigenvalue weighted by Gasteiger charge is 2.23. The number of hydrogen-bond acceptors (Lipinski definition) is 5. The zero-order valence-electron chi connectivity index (χ0n) is 22.0. The first-order chi connectivity index (χ1) is 18.6. The van der Waals surface area contributed by atoms with E-state index in [0.29, 0.717) is 31.3 Å². The smallest absolute Gasteiger partial charge is 0.162 e. The van der Waals surface area contributed by atoms with E-state index in [1.165, 1.54) is 5.56 Å². The molecule has 0 bridgehead atoms. The Hall–Kier alpha value is -3.64. The van der Waals surface area contributed by atoms with Gasteiger partial charge in [-0.2, -0.15) is 0 Å². The molecule has 0 radical (unpaired) electrons. The molecular weight excluding hydrogens is 472 g/mol. The van der Waals surface area contributed by atoms with Gasteiger partial charge in [-0.05, 0) is 54.2 Å². The van der Waals surface area contributed by atoms with Crippen LogP contribution in [-0.4, -0.2) is 23.7 Å². The molecule has 198 valence electrons. The maximum absolute atomic E-state index is 11.3. The molecule has 0 fully saturated rings. The summed E-state index contributed by atoms with van der Waals surface area (Å²) >= 11 is 0. The average Bonchev–Trinajstić information content (AvgIpc) is 2.98. The lowest BCUT2D eigenvalue weighted by Gasteiger charge is -2.27. The molecule has 0 heterocycles. The predicted octanol–water partition coefficient (Wildman–Crippen LogP) is 5.82. The number of ether oxygens (including phenoxy) is 2. The highest BCUT2D eigenvalue weighted by Crippen LogP contribution is 2.33. The molecule has 0 aliphatic rings. The van der Waals surface area contributed by atoms with Gasteiger partial charge in [0.05, 0.1) is 6.10 Å². The van der Waals surface area contributed by atoms with Gasteiger partial charge in [-0.3, -0.25) is 0 Å². The lowest BCUT2D eigenvalue weighted by atomic mass is 9.99. The van der Waals surface area contributed by atoms with Crippen molar-refractivity contribution in [3.63, 3.8) is 0 Å². The van der Waals surface area contributed by atoms with Crippen LogP contribution in [0.5, 0.6) is 11.5 Å². The van der Waals surface area contributed by atoms with Crippen LogP contribution in [0.3, 0.4) is 0 Å². The van der Waals surface area contributed by atoms with Crippen LogP contribution in [0.2, 0.25) is 0 Å². The van der Waals surface area contributed by atoms with Crippen molar-refractivity contribution >= 4 is 0 Å². The number of benzene rings is 4. The van der Waals surface area contributed by atoms with Gasteiger partial charge in [0.1, 0.15) is 13.2 Å². The van der Waals surface area contributed by atoms with Crippen LogP contribution in [0.1, 0.15) is 41.7 Å². The maximum Gasteiger partial charge on any atom is 0.162 e. The average molecular weight is 511 g/mol. The Bertz CT molecular complexity index is 1220. The van der Waals surface area contributed by atoms with E-state index in [1.54, 1.807) is 0 Å². The normalized spacial score (nSPS) is 13.4. The van der Waals surface area contributed by atoms with E-state index < -0.39 is 6.10 Å². The molecule has 5 heteroatoms. The van der Waals surface area contributed by atoms with E-state index in [9.17, 15) is 5.11 Å². The van der Waals surface area contributed by atoms with Crippen molar-refractivity contribution in [1.29, 1.82) is 0 Å². The Morgan fingerprint density at radius 1 is 0.711 bits per heavy atom. The summed E-state index contributed by atoms with van der Waals surface area (Å²) in [5.74, 6) is 1.23. The van der Waals surface area contributed by atoms with Crippen LogP contribution in [-0.2, 0) is 19.6 Å². The number of rotatable bonds is 14. The van der Waals surface area contributed by atoms with Crippen LogP contribution in [0, 0.1) is 0 Å². The van der Waals surface area contributed by atoms with Crippen molar-refractivity contribution in [2.45, 2.75) is 51.2 Å². The lowest BCUT2D eigenvalue weighted by molar-refractivity contribution is 0.124. The quantitative estimate of drug-likeness (QED) is 0.199. The Kier molecular flexibility index (Phi) is 10.3. The maximum atomic E-state index is 11.3. The van der Waals surface area contributed by atoms with Crippen molar-refractivity contribution in [2.24, 2.45) is 5.73 Å². The Morgan fingerprint density at radius 3 is 1.79 bits per heavy atom. The summed E-state index contributed by atoms with van der Waals surface area (Å²) < 4.78 is 12.3. The van der Waals surface area contributed by atoms with Gasteiger partial charge in [0.25, 0.3) is 0 Å². The summed E-state index contributed by atoms with van der Waals surface area (Å²) in [5.41, 5.74) is 10.3. The number of aliphatic hydroxyl groups excluding tert-OH is 1. The Balaban J connectivity index is 1.45. The minimum absolute atomic E-state index is 0.195. The second-order valence-electron chi connectivity index (χ2n) is 9.63. The number of aryl methyl sites for hydroxylation is 1. The van der Waals surface area contributed by atoms with Crippen molar-refractivity contribution in [2.75, 3.05) is 6.54 Å². The SMILES string of the molecule is CC(CCc1ccccc1)NC(CN)C(O)c1ccc(OCc2ccccc2)c(OCc2ccccc2)c1. The zero-order valence-corrected chi connectivity index (χ0v) is 22.0. The molecule has 4 aromatic rings. The van der Waals surface area contributed by atoms with Crippen molar-refractivity contribution < 1.29 is 14.6 Å². The standard InChI is InChI=1S/C33H38N2O3/c1-25(17-18-26-11-5-2-6-12-26)35-30(22-34)33(36)29-19-20-31(37-23-27-13-7-3-8-14-27)32(21-29)38-24-28-15-9-4-10-16-28/h2-16,19-21,25,30,33,35-36H,17-18,22-24,34H2,1H3. The minimum Gasteiger partial charge on any atom is -0.485 e. The molecule has 0 aliphatic heterocycles. The topological polar surface area (TPSA) is 76.7 Å². The van der Waals surface area contributed by atoms with Crippen LogP contribution >= 0.6 is 0 Å². The fourth-order valence-electron chi connectivity index (χ4n) is 4.41. The van der Waals surface area contributed by atoms with Gasteiger partial charge in [0, 0.05) is 18.6 Å². The summed E-state index contributed by atoms with van der Waals surface area (Å²) in [4.78, 5) is 0. The molecule has 4 aromatic carbocycles. The molecule has 3 atom stereocenters. The largest absolute Gasteiger partial charge is 0.485 e. The van der Waals surface area contributed by atoms with Crippen LogP contribution < -0.4 is 20.5 Å². The summed E-state index contributed by atoms with van der Waals surface area (Å²) in [6.07, 6.45) is 1.12. The second kappa shape index (κ2) is 14.3. The minimum atomic E-state index is -0.790. The van der Waals surface area contributed by atoms with Crippen molar-refractivity contribution in [3.8, 4) is 11.5 Å². The molecule has 0 spiro atoms. The molecule has 0 aromatic heterocycles. The fourth-order valence-corrected chi connectivity index (χ4v) is 4.41. The summed E-state index contributed by atoms with van der Waals surface area (Å²) in [5, 5.41) is 14.8. The molecule has 3 unspecified atom stereocenters. The second-order valence-corrected chi connectivity index (χ2v) is 9.63. The Morgan fingerprint density at radius 2 is 1.24 bits per heavy atom. The van der Waals surface area contributed by atoms with Gasteiger partial charge in [0.15, 0.2) is 11.5 Å². The van der Waals surface area contributed by atoms with Gasteiger partial charge in [-0.1, -0.05) is 97.1 Å². The Labute approximate surface area is 226 Å². The third kappa shape index (κ3) is 8.18. The first kappa shape index (κ1) is 27.4. The summed E-state index contributed by atoms with van der Waals surface area (Å²) in [7, 11) is 0. The lowest BCUT2D eigenvalue weighted by Crippen LogP contribution is -2.45. The molecule has 0 aliphatic carbocycles. The molecule has 38 heavy (non-hydrogen) atoms. The van der Waals surface area contributed by atoms with E-state index >= 15 is 0 Å². The number of nitrogens with two attached hydrogens (primary N) is 1. The molecule has 5 nitrogen and oxygen atoms in total.